The first-order chi connectivity index (χ1) is 41.7. The molecule has 4 aromatic heterocycles. The van der Waals surface area contributed by atoms with Crippen molar-refractivity contribution in [1.29, 1.82) is 0 Å². The van der Waals surface area contributed by atoms with Crippen molar-refractivity contribution in [1.82, 2.24) is 18.7 Å². The highest BCUT2D eigenvalue weighted by Gasteiger charge is 2.26. The fourth-order valence-electron chi connectivity index (χ4n) is 12.7. The van der Waals surface area contributed by atoms with Gasteiger partial charge in [-0.3, -0.25) is 9.13 Å². The second kappa shape index (κ2) is 20.3. The van der Waals surface area contributed by atoms with Crippen LogP contribution in [-0.2, 0) is 0 Å². The van der Waals surface area contributed by atoms with Crippen molar-refractivity contribution in [2.24, 2.45) is 0 Å². The van der Waals surface area contributed by atoms with E-state index in [9.17, 15) is 0 Å². The zero-order valence-corrected chi connectivity index (χ0v) is 45.7. The molecule has 0 spiro atoms. The SMILES string of the molecule is c1ccc(N(c2ccccc2)c2ccc3c(c2)c2ccccc2n3-c2ccc(-n3c4ccccc4c4cc(N(c5ccccc5)c5ccccc5)ccc43)c(-n3c4ccccc4c4cc(N(c5ccccc5)c5ccccc5)ccc43)n2)cc1. The van der Waals surface area contributed by atoms with Crippen LogP contribution in [0.25, 0.3) is 82.7 Å². The first-order valence-corrected chi connectivity index (χ1v) is 28.5. The van der Waals surface area contributed by atoms with Gasteiger partial charge in [-0.05, 0) is 158 Å². The van der Waals surface area contributed by atoms with Crippen LogP contribution in [0.1, 0.15) is 0 Å². The molecule has 0 saturated carbocycles. The molecular weight excluding hydrogens is 1020 g/mol. The quantitative estimate of drug-likeness (QED) is 0.122. The van der Waals surface area contributed by atoms with E-state index in [0.29, 0.717) is 0 Å². The normalized spacial score (nSPS) is 11.6. The van der Waals surface area contributed by atoms with Gasteiger partial charge in [-0.25, -0.2) is 4.98 Å². The number of aromatic nitrogens is 4. The molecule has 84 heavy (non-hydrogen) atoms. The third-order valence-corrected chi connectivity index (χ3v) is 16.4. The maximum absolute atomic E-state index is 6.03. The Kier molecular flexibility index (Phi) is 11.7. The van der Waals surface area contributed by atoms with E-state index in [0.717, 1.165) is 134 Å². The molecule has 396 valence electrons. The maximum atomic E-state index is 6.03. The number of para-hydroxylation sites is 9. The van der Waals surface area contributed by atoms with E-state index in [1.54, 1.807) is 0 Å². The van der Waals surface area contributed by atoms with Gasteiger partial charge in [-0.2, -0.15) is 0 Å². The third kappa shape index (κ3) is 8.09. The Morgan fingerprint density at radius 3 is 0.833 bits per heavy atom. The average molecular weight is 1080 g/mol. The van der Waals surface area contributed by atoms with Gasteiger partial charge in [0.15, 0.2) is 5.82 Å². The largest absolute Gasteiger partial charge is 0.310 e. The van der Waals surface area contributed by atoms with Crippen LogP contribution in [-0.4, -0.2) is 18.7 Å². The van der Waals surface area contributed by atoms with Gasteiger partial charge in [-0.15, -0.1) is 0 Å². The highest BCUT2D eigenvalue weighted by atomic mass is 15.2. The smallest absolute Gasteiger partial charge is 0.164 e. The molecule has 12 aromatic carbocycles. The lowest BCUT2D eigenvalue weighted by molar-refractivity contribution is 0.983. The highest BCUT2D eigenvalue weighted by Crippen LogP contribution is 2.45. The van der Waals surface area contributed by atoms with E-state index in [4.69, 9.17) is 4.98 Å². The Bertz CT molecular complexity index is 4960. The lowest BCUT2D eigenvalue weighted by Gasteiger charge is -2.25. The van der Waals surface area contributed by atoms with Crippen molar-refractivity contribution in [3.05, 3.63) is 322 Å². The second-order valence-corrected chi connectivity index (χ2v) is 21.2. The summed E-state index contributed by atoms with van der Waals surface area (Å²) in [5, 5.41) is 6.83. The first-order valence-electron chi connectivity index (χ1n) is 28.5. The summed E-state index contributed by atoms with van der Waals surface area (Å²) in [6.45, 7) is 0. The third-order valence-electron chi connectivity index (χ3n) is 16.4. The minimum Gasteiger partial charge on any atom is -0.310 e. The van der Waals surface area contributed by atoms with Crippen LogP contribution in [0.4, 0.5) is 51.2 Å². The molecule has 0 radical (unpaired) electrons. The summed E-state index contributed by atoms with van der Waals surface area (Å²) in [4.78, 5) is 13.0. The highest BCUT2D eigenvalue weighted by molar-refractivity contribution is 6.14. The average Bonchev–Trinajstić information content (AvgIpc) is 2.27. The maximum Gasteiger partial charge on any atom is 0.164 e. The summed E-state index contributed by atoms with van der Waals surface area (Å²) >= 11 is 0. The fourth-order valence-corrected chi connectivity index (χ4v) is 12.7. The minimum atomic E-state index is 0.804. The van der Waals surface area contributed by atoms with Crippen LogP contribution in [0.5, 0.6) is 0 Å². The van der Waals surface area contributed by atoms with E-state index in [-0.39, 0.29) is 0 Å². The van der Waals surface area contributed by atoms with Crippen LogP contribution in [0, 0.1) is 0 Å². The summed E-state index contributed by atoms with van der Waals surface area (Å²) in [6.07, 6.45) is 0. The summed E-state index contributed by atoms with van der Waals surface area (Å²) in [5.74, 6) is 1.61. The van der Waals surface area contributed by atoms with Crippen molar-refractivity contribution >= 4 is 117 Å². The molecule has 0 aliphatic carbocycles. The Balaban J connectivity index is 0.953. The molecule has 7 nitrogen and oxygen atoms in total. The predicted octanol–water partition coefficient (Wildman–Crippen LogP) is 20.8. The Hall–Kier alpha value is -11.4. The van der Waals surface area contributed by atoms with Crippen LogP contribution in [0.15, 0.2) is 322 Å². The molecule has 0 aliphatic heterocycles. The Morgan fingerprint density at radius 1 is 0.202 bits per heavy atom. The van der Waals surface area contributed by atoms with Gasteiger partial charge in [0, 0.05) is 83.5 Å². The first kappa shape index (κ1) is 48.5. The van der Waals surface area contributed by atoms with Gasteiger partial charge in [0.2, 0.25) is 0 Å². The van der Waals surface area contributed by atoms with Gasteiger partial charge < -0.3 is 19.3 Å². The Morgan fingerprint density at radius 2 is 0.476 bits per heavy atom. The van der Waals surface area contributed by atoms with E-state index in [2.05, 4.69) is 350 Å². The van der Waals surface area contributed by atoms with Crippen molar-refractivity contribution in [2.75, 3.05) is 14.7 Å². The minimum absolute atomic E-state index is 0.804. The monoisotopic (exact) mass is 1080 g/mol. The summed E-state index contributed by atoms with van der Waals surface area (Å²) in [5.41, 5.74) is 17.1. The van der Waals surface area contributed by atoms with Gasteiger partial charge in [0.05, 0.1) is 38.8 Å². The van der Waals surface area contributed by atoms with Gasteiger partial charge in [0.1, 0.15) is 5.82 Å². The molecule has 4 heterocycles. The lowest BCUT2D eigenvalue weighted by atomic mass is 10.1. The molecule has 0 unspecified atom stereocenters. The molecule has 7 heteroatoms. The molecule has 0 N–H and O–H groups in total. The van der Waals surface area contributed by atoms with E-state index < -0.39 is 0 Å². The molecule has 16 aromatic rings. The van der Waals surface area contributed by atoms with Crippen LogP contribution >= 0.6 is 0 Å². The number of benzene rings is 12. The van der Waals surface area contributed by atoms with Crippen LogP contribution in [0.3, 0.4) is 0 Å². The zero-order chi connectivity index (χ0) is 55.5. The number of rotatable bonds is 12. The predicted molar refractivity (Wildman–Crippen MR) is 351 cm³/mol. The van der Waals surface area contributed by atoms with Gasteiger partial charge >= 0.3 is 0 Å². The van der Waals surface area contributed by atoms with E-state index in [1.165, 1.54) is 0 Å². The fraction of sp³-hybridized carbons (Fsp3) is 0. The number of anilines is 9. The van der Waals surface area contributed by atoms with E-state index >= 15 is 0 Å². The Labute approximate surface area is 486 Å². The number of hydrogen-bond acceptors (Lipinski definition) is 4. The molecular formula is C77H53N7. The van der Waals surface area contributed by atoms with Crippen LogP contribution in [0.2, 0.25) is 0 Å². The second-order valence-electron chi connectivity index (χ2n) is 21.2. The van der Waals surface area contributed by atoms with Crippen molar-refractivity contribution in [3.8, 4) is 17.3 Å². The molecule has 0 fully saturated rings. The zero-order valence-electron chi connectivity index (χ0n) is 45.7. The number of fused-ring (bicyclic) bond motifs is 9. The number of hydrogen-bond donors (Lipinski definition) is 0. The molecule has 0 aliphatic rings. The topological polar surface area (TPSA) is 37.4 Å². The molecule has 0 amide bonds. The summed E-state index contributed by atoms with van der Waals surface area (Å²) in [6, 6.07) is 115. The van der Waals surface area contributed by atoms with Crippen molar-refractivity contribution < 1.29 is 0 Å². The van der Waals surface area contributed by atoms with E-state index in [1.807, 2.05) is 0 Å². The summed E-state index contributed by atoms with van der Waals surface area (Å²) in [7, 11) is 0. The van der Waals surface area contributed by atoms with Gasteiger partial charge in [-0.1, -0.05) is 164 Å². The van der Waals surface area contributed by atoms with Crippen molar-refractivity contribution in [3.63, 3.8) is 0 Å². The van der Waals surface area contributed by atoms with Gasteiger partial charge in [0.25, 0.3) is 0 Å². The molecule has 0 saturated heterocycles. The molecule has 0 atom stereocenters. The standard InChI is InChI=1S/C77H53N7/c1-7-25-54(26-8-1)79(55-27-9-2-10-28-55)60-43-46-72-66(51-60)63-37-19-22-40-69(63)82(72)75-49-50-76(83-70-41-23-20-38-64(70)67-52-61(44-47-73(67)83)80(56-29-11-3-12-30-56)57-31-13-4-14-32-57)78-77(75)84-71-42-24-21-39-65(71)68-53-62(45-48-74(68)84)81(58-33-15-5-16-34-58)59-35-17-6-18-36-59/h1-53H. The van der Waals surface area contributed by atoms with Crippen LogP contribution < -0.4 is 14.7 Å². The number of pyridine rings is 1. The molecule has 16 rings (SSSR count). The van der Waals surface area contributed by atoms with Crippen molar-refractivity contribution in [2.45, 2.75) is 0 Å². The molecule has 0 bridgehead atoms. The summed E-state index contributed by atoms with van der Waals surface area (Å²) < 4.78 is 7.17. The number of nitrogens with zero attached hydrogens (tertiary/aromatic N) is 7. The lowest BCUT2D eigenvalue weighted by Crippen LogP contribution is -2.11.